The number of fused-ring (bicyclic) bond motifs is 3. The second kappa shape index (κ2) is 5.72. The van der Waals surface area contributed by atoms with Crippen LogP contribution in [0.3, 0.4) is 0 Å². The summed E-state index contributed by atoms with van der Waals surface area (Å²) < 4.78 is 0. The molecule has 0 amide bonds. The molecular weight excluding hydrogens is 314 g/mol. The van der Waals surface area contributed by atoms with Gasteiger partial charge in [-0.1, -0.05) is 72.8 Å². The Morgan fingerprint density at radius 2 is 1.46 bits per heavy atom. The molecule has 1 aliphatic rings. The van der Waals surface area contributed by atoms with E-state index in [-0.39, 0.29) is 0 Å². The Morgan fingerprint density at radius 1 is 0.792 bits per heavy atom. The summed E-state index contributed by atoms with van der Waals surface area (Å²) in [6, 6.07) is 24.2. The Bertz CT molecular complexity index is 924. The van der Waals surface area contributed by atoms with Gasteiger partial charge in [0.1, 0.15) is 0 Å². The fraction of sp³-hybridized carbons (Fsp3) is 0.0500. The molecule has 4 heteroatoms. The number of hydrogen-bond donors (Lipinski definition) is 2. The molecule has 2 nitrogen and oxygen atoms in total. The second-order valence-electron chi connectivity index (χ2n) is 6.04. The lowest BCUT2D eigenvalue weighted by Gasteiger charge is -2.29. The molecule has 3 aromatic rings. The summed E-state index contributed by atoms with van der Waals surface area (Å²) in [6.07, 6.45) is 0. The lowest BCUT2D eigenvalue weighted by Crippen LogP contribution is -2.33. The molecule has 0 saturated carbocycles. The molecule has 0 saturated heterocycles. The standard InChI is InChI=1S/C20H16BO2P/c22-21(23)15-10-11-17-16-8-4-5-9-18(16)20(13-24,19(17)12-15)14-6-2-1-3-7-14/h1-13,22-24H. The first-order valence-electron chi connectivity index (χ1n) is 7.86. The molecule has 0 spiro atoms. The van der Waals surface area contributed by atoms with Gasteiger partial charge in [-0.15, -0.1) is 8.86 Å². The van der Waals surface area contributed by atoms with Gasteiger partial charge in [-0.05, 0) is 39.1 Å². The van der Waals surface area contributed by atoms with Gasteiger partial charge in [0.2, 0.25) is 0 Å². The van der Waals surface area contributed by atoms with E-state index in [1.165, 1.54) is 11.1 Å². The van der Waals surface area contributed by atoms with Gasteiger partial charge in [0.05, 0.1) is 5.41 Å². The third kappa shape index (κ3) is 2.03. The predicted octanol–water partition coefficient (Wildman–Crippen LogP) is 2.63. The number of rotatable bonds is 3. The van der Waals surface area contributed by atoms with Crippen LogP contribution in [0, 0.1) is 0 Å². The maximum absolute atomic E-state index is 9.62. The van der Waals surface area contributed by atoms with Crippen molar-refractivity contribution in [3.8, 4) is 11.1 Å². The van der Waals surface area contributed by atoms with Crippen LogP contribution in [0.15, 0.2) is 72.8 Å². The van der Waals surface area contributed by atoms with Crippen molar-refractivity contribution < 1.29 is 10.0 Å². The zero-order valence-electron chi connectivity index (χ0n) is 13.0. The molecular formula is C20H16BO2P. The van der Waals surface area contributed by atoms with Crippen LogP contribution in [0.25, 0.3) is 11.1 Å². The summed E-state index contributed by atoms with van der Waals surface area (Å²) in [5.41, 5.74) is 5.69. The average molecular weight is 330 g/mol. The minimum absolute atomic E-state index is 0.463. The molecule has 3 aromatic carbocycles. The first kappa shape index (κ1) is 15.3. The smallest absolute Gasteiger partial charge is 0.423 e. The molecule has 0 aliphatic heterocycles. The minimum atomic E-state index is -1.48. The van der Waals surface area contributed by atoms with Crippen LogP contribution in [0.1, 0.15) is 16.7 Å². The highest BCUT2D eigenvalue weighted by molar-refractivity contribution is 7.18. The van der Waals surface area contributed by atoms with E-state index in [0.29, 0.717) is 5.46 Å². The summed E-state index contributed by atoms with van der Waals surface area (Å²) in [5, 5.41) is 19.2. The van der Waals surface area contributed by atoms with Gasteiger partial charge >= 0.3 is 7.12 Å². The number of hydrogen-bond acceptors (Lipinski definition) is 2. The molecule has 0 radical (unpaired) electrons. The Morgan fingerprint density at radius 3 is 2.17 bits per heavy atom. The van der Waals surface area contributed by atoms with Crippen LogP contribution in [-0.2, 0) is 5.41 Å². The van der Waals surface area contributed by atoms with Gasteiger partial charge in [-0.2, -0.15) is 0 Å². The Labute approximate surface area is 143 Å². The molecule has 0 heterocycles. The Kier molecular flexibility index (Phi) is 3.66. The lowest BCUT2D eigenvalue weighted by atomic mass is 9.71. The molecule has 0 fully saturated rings. The van der Waals surface area contributed by atoms with Crippen molar-refractivity contribution in [1.82, 2.24) is 0 Å². The van der Waals surface area contributed by atoms with Crippen molar-refractivity contribution in [2.75, 3.05) is 0 Å². The normalized spacial score (nSPS) is 17.9. The summed E-state index contributed by atoms with van der Waals surface area (Å²) >= 11 is 0. The van der Waals surface area contributed by atoms with Gasteiger partial charge in [-0.25, -0.2) is 0 Å². The van der Waals surface area contributed by atoms with Crippen molar-refractivity contribution >= 4 is 27.2 Å². The summed E-state index contributed by atoms with van der Waals surface area (Å²) in [7, 11) is 2.19. The second-order valence-corrected chi connectivity index (χ2v) is 6.33. The molecule has 1 aliphatic carbocycles. The maximum Gasteiger partial charge on any atom is 0.488 e. The highest BCUT2D eigenvalue weighted by Crippen LogP contribution is 2.51. The predicted molar refractivity (Wildman–Crippen MR) is 102 cm³/mol. The average Bonchev–Trinajstić information content (AvgIpc) is 2.92. The molecule has 0 bridgehead atoms. The topological polar surface area (TPSA) is 40.5 Å². The van der Waals surface area contributed by atoms with Crippen LogP contribution >= 0.6 is 8.86 Å². The van der Waals surface area contributed by atoms with E-state index in [1.807, 2.05) is 48.3 Å². The van der Waals surface area contributed by atoms with Gasteiger partial charge in [0.25, 0.3) is 0 Å². The van der Waals surface area contributed by atoms with E-state index in [2.05, 4.69) is 33.1 Å². The van der Waals surface area contributed by atoms with Gasteiger partial charge < -0.3 is 10.0 Å². The first-order chi connectivity index (χ1) is 11.7. The van der Waals surface area contributed by atoms with Gasteiger partial charge in [0, 0.05) is 0 Å². The van der Waals surface area contributed by atoms with E-state index in [9.17, 15) is 10.0 Å². The first-order valence-corrected chi connectivity index (χ1v) is 8.44. The molecule has 1 unspecified atom stereocenters. The van der Waals surface area contributed by atoms with Gasteiger partial charge in [0.15, 0.2) is 0 Å². The molecule has 4 rings (SSSR count). The third-order valence-corrected chi connectivity index (χ3v) is 5.29. The summed E-state index contributed by atoms with van der Waals surface area (Å²) in [5.74, 6) is 2.01. The fourth-order valence-corrected chi connectivity index (χ4v) is 4.22. The monoisotopic (exact) mass is 330 g/mol. The summed E-state index contributed by atoms with van der Waals surface area (Å²) in [6.45, 7) is 0. The zero-order valence-corrected chi connectivity index (χ0v) is 14.0. The maximum atomic E-state index is 9.62. The molecule has 1 atom stereocenters. The third-order valence-electron chi connectivity index (χ3n) is 4.85. The van der Waals surface area contributed by atoms with Crippen molar-refractivity contribution in [3.05, 3.63) is 89.5 Å². The molecule has 116 valence electrons. The van der Waals surface area contributed by atoms with Crippen LogP contribution in [0.4, 0.5) is 0 Å². The van der Waals surface area contributed by atoms with Crippen LogP contribution in [0.2, 0.25) is 0 Å². The van der Waals surface area contributed by atoms with Crippen molar-refractivity contribution in [2.45, 2.75) is 5.41 Å². The van der Waals surface area contributed by atoms with Crippen LogP contribution < -0.4 is 5.46 Å². The zero-order chi connectivity index (χ0) is 16.7. The van der Waals surface area contributed by atoms with E-state index >= 15 is 0 Å². The Balaban J connectivity index is 2.11. The van der Waals surface area contributed by atoms with Crippen molar-refractivity contribution in [3.63, 3.8) is 0 Å². The SMILES string of the molecule is OB(O)c1ccc2c(c1)C(C=P)(c1ccccc1)c1ccccc1-2. The highest BCUT2D eigenvalue weighted by atomic mass is 31.0. The lowest BCUT2D eigenvalue weighted by molar-refractivity contribution is 0.425. The van der Waals surface area contributed by atoms with E-state index in [1.54, 1.807) is 6.07 Å². The van der Waals surface area contributed by atoms with E-state index in [4.69, 9.17) is 0 Å². The van der Waals surface area contributed by atoms with Crippen molar-refractivity contribution in [1.29, 1.82) is 0 Å². The van der Waals surface area contributed by atoms with Gasteiger partial charge in [-0.3, -0.25) is 0 Å². The molecule has 24 heavy (non-hydrogen) atoms. The van der Waals surface area contributed by atoms with Crippen molar-refractivity contribution in [2.24, 2.45) is 0 Å². The van der Waals surface area contributed by atoms with Crippen LogP contribution in [0.5, 0.6) is 0 Å². The Hall–Kier alpha value is -2.19. The van der Waals surface area contributed by atoms with E-state index < -0.39 is 12.5 Å². The van der Waals surface area contributed by atoms with E-state index in [0.717, 1.165) is 16.7 Å². The highest BCUT2D eigenvalue weighted by Gasteiger charge is 2.42. The molecule has 2 N–H and O–H groups in total. The molecule has 0 aromatic heterocycles. The quantitative estimate of drug-likeness (QED) is 0.573. The summed E-state index contributed by atoms with van der Waals surface area (Å²) in [4.78, 5) is 0. The minimum Gasteiger partial charge on any atom is -0.423 e. The fourth-order valence-electron chi connectivity index (χ4n) is 3.74. The van der Waals surface area contributed by atoms with Crippen LogP contribution in [-0.4, -0.2) is 23.0 Å². The largest absolute Gasteiger partial charge is 0.488 e. The number of benzene rings is 3.